The van der Waals surface area contributed by atoms with Crippen molar-refractivity contribution in [1.82, 2.24) is 15.1 Å². The van der Waals surface area contributed by atoms with E-state index in [1.807, 2.05) is 54.6 Å². The summed E-state index contributed by atoms with van der Waals surface area (Å²) in [4.78, 5) is 26.9. The van der Waals surface area contributed by atoms with Crippen LogP contribution in [0.25, 0.3) is 0 Å². The van der Waals surface area contributed by atoms with Gasteiger partial charge in [0, 0.05) is 34.9 Å². The second kappa shape index (κ2) is 9.36. The molecule has 0 bridgehead atoms. The number of likely N-dealkylation sites (tertiary alicyclic amines) is 1. The number of carbonyl (C=O) groups excluding carboxylic acids is 2. The van der Waals surface area contributed by atoms with Gasteiger partial charge in [0.1, 0.15) is 5.01 Å². The van der Waals surface area contributed by atoms with Crippen molar-refractivity contribution in [2.75, 3.05) is 23.7 Å². The van der Waals surface area contributed by atoms with Gasteiger partial charge in [-0.1, -0.05) is 51.5 Å². The summed E-state index contributed by atoms with van der Waals surface area (Å²) in [5, 5.41) is 15.2. The zero-order valence-corrected chi connectivity index (χ0v) is 18.4. The van der Waals surface area contributed by atoms with Crippen molar-refractivity contribution in [3.8, 4) is 0 Å². The number of nitrogens with one attached hydrogen (secondary N) is 2. The zero-order valence-electron chi connectivity index (χ0n) is 16.0. The van der Waals surface area contributed by atoms with E-state index in [1.54, 1.807) is 4.90 Å². The van der Waals surface area contributed by atoms with Gasteiger partial charge in [-0.3, -0.25) is 4.79 Å². The number of halogens is 1. The fraction of sp³-hybridized carbons (Fsp3) is 0.238. The summed E-state index contributed by atoms with van der Waals surface area (Å²) in [5.74, 6) is -0.201. The van der Waals surface area contributed by atoms with Crippen LogP contribution in [0.2, 0.25) is 0 Å². The lowest BCUT2D eigenvalue weighted by Gasteiger charge is -2.31. The van der Waals surface area contributed by atoms with Crippen LogP contribution in [0.15, 0.2) is 59.1 Å². The van der Waals surface area contributed by atoms with Crippen LogP contribution in [0.5, 0.6) is 0 Å². The molecule has 3 aromatic rings. The molecule has 30 heavy (non-hydrogen) atoms. The number of amides is 3. The first-order valence-electron chi connectivity index (χ1n) is 9.60. The Hall–Kier alpha value is -2.78. The fourth-order valence-corrected chi connectivity index (χ4v) is 4.59. The largest absolute Gasteiger partial charge is 0.324 e. The van der Waals surface area contributed by atoms with E-state index in [4.69, 9.17) is 0 Å². The number of anilines is 2. The number of aromatic nitrogens is 2. The average Bonchev–Trinajstić information content (AvgIpc) is 3.25. The van der Waals surface area contributed by atoms with Crippen molar-refractivity contribution in [2.45, 2.75) is 18.8 Å². The van der Waals surface area contributed by atoms with E-state index >= 15 is 0 Å². The van der Waals surface area contributed by atoms with E-state index < -0.39 is 0 Å². The Bertz CT molecular complexity index is 1040. The third kappa shape index (κ3) is 5.03. The van der Waals surface area contributed by atoms with Gasteiger partial charge in [0.2, 0.25) is 5.01 Å². The zero-order chi connectivity index (χ0) is 20.9. The first kappa shape index (κ1) is 20.5. The third-order valence-corrected chi connectivity index (χ3v) is 6.38. The predicted molar refractivity (Wildman–Crippen MR) is 121 cm³/mol. The van der Waals surface area contributed by atoms with E-state index in [1.165, 1.54) is 11.3 Å². The summed E-state index contributed by atoms with van der Waals surface area (Å²) in [6.07, 6.45) is 1.79. The standard InChI is InChI=1S/C21H20BrN5O2S/c22-15-7-4-10-17(12-15)24-21(29)27-11-5-6-14(13-27)19-25-26-20(30-19)18(28)23-16-8-2-1-3-9-16/h1-4,7-10,12,14H,5-6,11,13H2,(H,23,28)(H,24,29)/t14-/m1/s1. The van der Waals surface area contributed by atoms with Crippen LogP contribution in [0, 0.1) is 0 Å². The molecular weight excluding hydrogens is 466 g/mol. The van der Waals surface area contributed by atoms with Gasteiger partial charge in [0.05, 0.1) is 0 Å². The monoisotopic (exact) mass is 485 g/mol. The van der Waals surface area contributed by atoms with Gasteiger partial charge in [-0.15, -0.1) is 10.2 Å². The Morgan fingerprint density at radius 3 is 2.63 bits per heavy atom. The summed E-state index contributed by atoms with van der Waals surface area (Å²) < 4.78 is 0.909. The Morgan fingerprint density at radius 2 is 1.83 bits per heavy atom. The number of nitrogens with zero attached hydrogens (tertiary/aromatic N) is 3. The molecule has 0 radical (unpaired) electrons. The molecule has 154 valence electrons. The van der Waals surface area contributed by atoms with Crippen LogP contribution in [-0.4, -0.2) is 40.1 Å². The number of carbonyl (C=O) groups is 2. The molecule has 2 N–H and O–H groups in total. The maximum atomic E-state index is 12.7. The first-order valence-corrected chi connectivity index (χ1v) is 11.2. The topological polar surface area (TPSA) is 87.2 Å². The van der Waals surface area contributed by atoms with E-state index in [0.717, 1.165) is 28.0 Å². The molecule has 1 atom stereocenters. The molecule has 1 aliphatic heterocycles. The molecule has 0 aliphatic carbocycles. The Balaban J connectivity index is 1.38. The van der Waals surface area contributed by atoms with Gasteiger partial charge in [-0.25, -0.2) is 4.79 Å². The second-order valence-corrected chi connectivity index (χ2v) is 8.92. The highest BCUT2D eigenvalue weighted by Crippen LogP contribution is 2.30. The molecular formula is C21H20BrN5O2S. The minimum absolute atomic E-state index is 0.0720. The average molecular weight is 486 g/mol. The molecule has 1 aliphatic rings. The van der Waals surface area contributed by atoms with Gasteiger partial charge < -0.3 is 15.5 Å². The lowest BCUT2D eigenvalue weighted by atomic mass is 9.99. The molecule has 0 unspecified atom stereocenters. The van der Waals surface area contributed by atoms with Crippen molar-refractivity contribution in [2.24, 2.45) is 0 Å². The quantitative estimate of drug-likeness (QED) is 0.546. The van der Waals surface area contributed by atoms with Gasteiger partial charge in [-0.2, -0.15) is 0 Å². The van der Waals surface area contributed by atoms with Crippen LogP contribution < -0.4 is 10.6 Å². The van der Waals surface area contributed by atoms with Crippen LogP contribution in [0.3, 0.4) is 0 Å². The number of para-hydroxylation sites is 1. The highest BCUT2D eigenvalue weighted by molar-refractivity contribution is 9.10. The van der Waals surface area contributed by atoms with E-state index in [2.05, 4.69) is 36.8 Å². The molecule has 1 fully saturated rings. The Kier molecular flexibility index (Phi) is 6.39. The lowest BCUT2D eigenvalue weighted by molar-refractivity contribution is 0.102. The van der Waals surface area contributed by atoms with Crippen molar-refractivity contribution in [1.29, 1.82) is 0 Å². The SMILES string of the molecule is O=C(Nc1ccccc1)c1nnc([C@@H]2CCCN(C(=O)Nc3cccc(Br)c3)C2)s1. The number of rotatable bonds is 4. The van der Waals surface area contributed by atoms with Crippen molar-refractivity contribution in [3.63, 3.8) is 0 Å². The van der Waals surface area contributed by atoms with Crippen molar-refractivity contribution < 1.29 is 9.59 Å². The Labute approximate surface area is 186 Å². The molecule has 0 spiro atoms. The maximum Gasteiger partial charge on any atom is 0.321 e. The summed E-state index contributed by atoms with van der Waals surface area (Å²) in [7, 11) is 0. The number of hydrogen-bond donors (Lipinski definition) is 2. The molecule has 9 heteroatoms. The number of urea groups is 1. The number of hydrogen-bond acceptors (Lipinski definition) is 5. The molecule has 2 heterocycles. The fourth-order valence-electron chi connectivity index (χ4n) is 3.33. The minimum atomic E-state index is -0.273. The predicted octanol–water partition coefficient (Wildman–Crippen LogP) is 4.96. The maximum absolute atomic E-state index is 12.7. The van der Waals surface area contributed by atoms with Gasteiger partial charge in [0.25, 0.3) is 5.91 Å². The lowest BCUT2D eigenvalue weighted by Crippen LogP contribution is -2.41. The second-order valence-electron chi connectivity index (χ2n) is 6.99. The Morgan fingerprint density at radius 1 is 1.03 bits per heavy atom. The van der Waals surface area contributed by atoms with Crippen LogP contribution in [0.1, 0.15) is 33.6 Å². The van der Waals surface area contributed by atoms with Crippen LogP contribution in [-0.2, 0) is 0 Å². The molecule has 3 amide bonds. The molecule has 7 nitrogen and oxygen atoms in total. The highest BCUT2D eigenvalue weighted by atomic mass is 79.9. The van der Waals surface area contributed by atoms with Gasteiger partial charge in [-0.05, 0) is 43.2 Å². The number of piperidine rings is 1. The molecule has 1 aromatic heterocycles. The molecule has 4 rings (SSSR count). The molecule has 0 saturated carbocycles. The molecule has 1 saturated heterocycles. The van der Waals surface area contributed by atoms with E-state index in [-0.39, 0.29) is 17.9 Å². The van der Waals surface area contributed by atoms with Gasteiger partial charge >= 0.3 is 6.03 Å². The number of benzene rings is 2. The smallest absolute Gasteiger partial charge is 0.321 e. The molecule has 2 aromatic carbocycles. The third-order valence-electron chi connectivity index (χ3n) is 4.80. The summed E-state index contributed by atoms with van der Waals surface area (Å²) in [6.45, 7) is 1.24. The van der Waals surface area contributed by atoms with E-state index in [9.17, 15) is 9.59 Å². The summed E-state index contributed by atoms with van der Waals surface area (Å²) >= 11 is 4.70. The van der Waals surface area contributed by atoms with Gasteiger partial charge in [0.15, 0.2) is 0 Å². The summed E-state index contributed by atoms with van der Waals surface area (Å²) in [6, 6.07) is 16.6. The normalized spacial score (nSPS) is 16.2. The first-order chi connectivity index (χ1) is 14.6. The van der Waals surface area contributed by atoms with Crippen molar-refractivity contribution >= 4 is 50.6 Å². The minimum Gasteiger partial charge on any atom is -0.324 e. The van der Waals surface area contributed by atoms with Crippen molar-refractivity contribution in [3.05, 3.63) is 69.1 Å². The van der Waals surface area contributed by atoms with E-state index in [0.29, 0.717) is 23.8 Å². The van der Waals surface area contributed by atoms with Crippen LogP contribution >= 0.6 is 27.3 Å². The highest BCUT2D eigenvalue weighted by Gasteiger charge is 2.28. The van der Waals surface area contributed by atoms with Crippen LogP contribution in [0.4, 0.5) is 16.2 Å². The summed E-state index contributed by atoms with van der Waals surface area (Å²) in [5.41, 5.74) is 1.46.